The Morgan fingerprint density at radius 1 is 1.29 bits per heavy atom. The van der Waals surface area contributed by atoms with Gasteiger partial charge in [0.25, 0.3) is 0 Å². The zero-order valence-corrected chi connectivity index (χ0v) is 14.1. The second-order valence-electron chi connectivity index (χ2n) is 6.92. The van der Waals surface area contributed by atoms with Gasteiger partial charge in [-0.15, -0.1) is 0 Å². The molecule has 0 radical (unpaired) electrons. The van der Waals surface area contributed by atoms with E-state index >= 15 is 0 Å². The maximum atomic E-state index is 5.32. The van der Waals surface area contributed by atoms with Crippen molar-refractivity contribution in [3.63, 3.8) is 0 Å². The lowest BCUT2D eigenvalue weighted by atomic mass is 9.75. The number of nitrogens with zero attached hydrogens (tertiary/aromatic N) is 1. The maximum absolute atomic E-state index is 5.32. The van der Waals surface area contributed by atoms with Crippen molar-refractivity contribution in [2.24, 2.45) is 5.92 Å². The first-order valence-electron chi connectivity index (χ1n) is 8.04. The highest BCUT2D eigenvalue weighted by molar-refractivity contribution is 5.32. The third-order valence-corrected chi connectivity index (χ3v) is 4.52. The largest absolute Gasteiger partial charge is 0.497 e. The Labute approximate surface area is 129 Å². The summed E-state index contributed by atoms with van der Waals surface area (Å²) >= 11 is 0. The standard InChI is InChI=1S/C18H30N2O/c1-13(2)18(12-20(3)4)19-16-9-15(10-16)14-7-6-8-17(11-14)21-5/h6-8,11,13,15-16,18-19H,9-10,12H2,1-5H3. The van der Waals surface area contributed by atoms with Gasteiger partial charge in [0.2, 0.25) is 0 Å². The topological polar surface area (TPSA) is 24.5 Å². The monoisotopic (exact) mass is 290 g/mol. The normalized spacial score (nSPS) is 23.2. The molecule has 1 N–H and O–H groups in total. The summed E-state index contributed by atoms with van der Waals surface area (Å²) in [5, 5.41) is 3.84. The molecule has 0 amide bonds. The van der Waals surface area contributed by atoms with E-state index in [4.69, 9.17) is 4.74 Å². The molecule has 1 fully saturated rings. The lowest BCUT2D eigenvalue weighted by Gasteiger charge is -2.40. The van der Waals surface area contributed by atoms with E-state index in [0.717, 1.165) is 12.3 Å². The van der Waals surface area contributed by atoms with E-state index in [1.54, 1.807) is 7.11 Å². The second-order valence-corrected chi connectivity index (χ2v) is 6.92. The molecular weight excluding hydrogens is 260 g/mol. The van der Waals surface area contributed by atoms with Crippen LogP contribution < -0.4 is 10.1 Å². The molecule has 1 aromatic carbocycles. The highest BCUT2D eigenvalue weighted by Gasteiger charge is 2.32. The minimum Gasteiger partial charge on any atom is -0.497 e. The summed E-state index contributed by atoms with van der Waals surface area (Å²) in [7, 11) is 6.03. The smallest absolute Gasteiger partial charge is 0.119 e. The number of rotatable bonds is 7. The predicted octanol–water partition coefficient (Wildman–Crippen LogP) is 3.12. The third kappa shape index (κ3) is 4.45. The Balaban J connectivity index is 1.85. The first-order valence-corrected chi connectivity index (χ1v) is 8.04. The van der Waals surface area contributed by atoms with Gasteiger partial charge in [-0.1, -0.05) is 26.0 Å². The molecule has 1 aromatic rings. The lowest BCUT2D eigenvalue weighted by molar-refractivity contribution is 0.210. The fourth-order valence-corrected chi connectivity index (χ4v) is 3.07. The molecule has 1 unspecified atom stereocenters. The molecule has 1 aliphatic carbocycles. The van der Waals surface area contributed by atoms with E-state index in [9.17, 15) is 0 Å². The van der Waals surface area contributed by atoms with E-state index in [2.05, 4.69) is 56.4 Å². The maximum Gasteiger partial charge on any atom is 0.119 e. The van der Waals surface area contributed by atoms with Gasteiger partial charge < -0.3 is 15.0 Å². The molecule has 2 rings (SSSR count). The Bertz CT molecular complexity index is 439. The molecule has 0 saturated heterocycles. The summed E-state index contributed by atoms with van der Waals surface area (Å²) in [4.78, 5) is 2.27. The average molecular weight is 290 g/mol. The van der Waals surface area contributed by atoms with Crippen LogP contribution >= 0.6 is 0 Å². The molecule has 0 aromatic heterocycles. The summed E-state index contributed by atoms with van der Waals surface area (Å²) in [6.07, 6.45) is 2.48. The molecule has 3 heteroatoms. The highest BCUT2D eigenvalue weighted by Crippen LogP contribution is 2.38. The van der Waals surface area contributed by atoms with Crippen LogP contribution in [0.3, 0.4) is 0 Å². The molecule has 0 aliphatic heterocycles. The van der Waals surface area contributed by atoms with Gasteiger partial charge in [-0.2, -0.15) is 0 Å². The Hall–Kier alpha value is -1.06. The first kappa shape index (κ1) is 16.3. The molecule has 1 saturated carbocycles. The number of hydrogen-bond donors (Lipinski definition) is 1. The molecule has 1 aliphatic rings. The fraction of sp³-hybridized carbons (Fsp3) is 0.667. The van der Waals surface area contributed by atoms with Crippen LogP contribution in [0.15, 0.2) is 24.3 Å². The zero-order valence-electron chi connectivity index (χ0n) is 14.1. The quantitative estimate of drug-likeness (QED) is 0.835. The van der Waals surface area contributed by atoms with Gasteiger partial charge in [-0.3, -0.25) is 0 Å². The fourth-order valence-electron chi connectivity index (χ4n) is 3.07. The summed E-state index contributed by atoms with van der Waals surface area (Å²) < 4.78 is 5.32. The van der Waals surface area contributed by atoms with Crippen LogP contribution in [-0.2, 0) is 0 Å². The van der Waals surface area contributed by atoms with Crippen molar-refractivity contribution in [3.05, 3.63) is 29.8 Å². The number of methoxy groups -OCH3 is 1. The minimum absolute atomic E-state index is 0.580. The molecule has 118 valence electrons. The van der Waals surface area contributed by atoms with Crippen molar-refractivity contribution in [1.29, 1.82) is 0 Å². The van der Waals surface area contributed by atoms with Gasteiger partial charge in [-0.25, -0.2) is 0 Å². The van der Waals surface area contributed by atoms with Crippen LogP contribution in [0.5, 0.6) is 5.75 Å². The summed E-state index contributed by atoms with van der Waals surface area (Å²) in [6.45, 7) is 5.72. The summed E-state index contributed by atoms with van der Waals surface area (Å²) in [5.74, 6) is 2.32. The SMILES string of the molecule is COc1cccc(C2CC(NC(CN(C)C)C(C)C)C2)c1. The number of hydrogen-bond acceptors (Lipinski definition) is 3. The van der Waals surface area contributed by atoms with Crippen molar-refractivity contribution < 1.29 is 4.74 Å². The van der Waals surface area contributed by atoms with Crippen molar-refractivity contribution in [3.8, 4) is 5.75 Å². The molecule has 0 spiro atoms. The van der Waals surface area contributed by atoms with Gasteiger partial charge in [0, 0.05) is 18.6 Å². The van der Waals surface area contributed by atoms with E-state index in [1.165, 1.54) is 18.4 Å². The van der Waals surface area contributed by atoms with E-state index in [-0.39, 0.29) is 0 Å². The Morgan fingerprint density at radius 3 is 2.57 bits per heavy atom. The van der Waals surface area contributed by atoms with Crippen LogP contribution in [0.2, 0.25) is 0 Å². The second kappa shape index (κ2) is 7.28. The van der Waals surface area contributed by atoms with Crippen molar-refractivity contribution >= 4 is 0 Å². The molecule has 0 bridgehead atoms. The number of ether oxygens (including phenoxy) is 1. The van der Waals surface area contributed by atoms with Gasteiger partial charge in [0.15, 0.2) is 0 Å². The van der Waals surface area contributed by atoms with Gasteiger partial charge in [0.05, 0.1) is 7.11 Å². The first-order chi connectivity index (χ1) is 9.99. The number of benzene rings is 1. The summed E-state index contributed by atoms with van der Waals surface area (Å²) in [6, 6.07) is 9.76. The molecule has 21 heavy (non-hydrogen) atoms. The average Bonchev–Trinajstić information content (AvgIpc) is 2.40. The molecule has 1 atom stereocenters. The molecule has 0 heterocycles. The Morgan fingerprint density at radius 2 is 2.00 bits per heavy atom. The van der Waals surface area contributed by atoms with Crippen LogP contribution in [0, 0.1) is 5.92 Å². The van der Waals surface area contributed by atoms with Gasteiger partial charge in [-0.05, 0) is 56.5 Å². The summed E-state index contributed by atoms with van der Waals surface area (Å²) in [5.41, 5.74) is 1.42. The van der Waals surface area contributed by atoms with Crippen LogP contribution in [-0.4, -0.2) is 44.7 Å². The molecule has 3 nitrogen and oxygen atoms in total. The number of nitrogens with one attached hydrogen (secondary N) is 1. The number of likely N-dealkylation sites (N-methyl/N-ethyl adjacent to an activating group) is 1. The zero-order chi connectivity index (χ0) is 15.4. The van der Waals surface area contributed by atoms with Crippen molar-refractivity contribution in [2.45, 2.75) is 44.7 Å². The van der Waals surface area contributed by atoms with E-state index in [0.29, 0.717) is 23.9 Å². The van der Waals surface area contributed by atoms with E-state index < -0.39 is 0 Å². The molecular formula is C18H30N2O. The van der Waals surface area contributed by atoms with Gasteiger partial charge in [0.1, 0.15) is 5.75 Å². The van der Waals surface area contributed by atoms with Crippen molar-refractivity contribution in [2.75, 3.05) is 27.7 Å². The highest BCUT2D eigenvalue weighted by atomic mass is 16.5. The third-order valence-electron chi connectivity index (χ3n) is 4.52. The van der Waals surface area contributed by atoms with Crippen LogP contribution in [0.4, 0.5) is 0 Å². The predicted molar refractivity (Wildman–Crippen MR) is 89.1 cm³/mol. The van der Waals surface area contributed by atoms with Crippen LogP contribution in [0.1, 0.15) is 38.2 Å². The van der Waals surface area contributed by atoms with Gasteiger partial charge >= 0.3 is 0 Å². The van der Waals surface area contributed by atoms with Crippen LogP contribution in [0.25, 0.3) is 0 Å². The lowest BCUT2D eigenvalue weighted by Crippen LogP contribution is -2.51. The Kier molecular flexibility index (Phi) is 5.65. The van der Waals surface area contributed by atoms with E-state index in [1.807, 2.05) is 6.07 Å². The minimum atomic E-state index is 0.580. The van der Waals surface area contributed by atoms with Crippen molar-refractivity contribution in [1.82, 2.24) is 10.2 Å².